The molecule has 0 bridgehead atoms. The summed E-state index contributed by atoms with van der Waals surface area (Å²) < 4.78 is 10.8. The van der Waals surface area contributed by atoms with Crippen molar-refractivity contribution >= 4 is 11.6 Å². The molecule has 0 spiro atoms. The van der Waals surface area contributed by atoms with E-state index < -0.39 is 0 Å². The Bertz CT molecular complexity index is 489. The van der Waals surface area contributed by atoms with Gasteiger partial charge in [0.2, 0.25) is 0 Å². The van der Waals surface area contributed by atoms with Gasteiger partial charge in [0, 0.05) is 22.4 Å². The van der Waals surface area contributed by atoms with Crippen LogP contribution in [0.4, 0.5) is 0 Å². The van der Waals surface area contributed by atoms with Gasteiger partial charge in [-0.1, -0.05) is 11.6 Å². The van der Waals surface area contributed by atoms with Crippen molar-refractivity contribution in [1.29, 1.82) is 5.26 Å². The summed E-state index contributed by atoms with van der Waals surface area (Å²) in [5.74, 6) is 0.832. The first-order valence-corrected chi connectivity index (χ1v) is 6.30. The van der Waals surface area contributed by atoms with Crippen LogP contribution in [-0.4, -0.2) is 20.3 Å². The summed E-state index contributed by atoms with van der Waals surface area (Å²) in [6, 6.07) is 6.10. The largest absolute Gasteiger partial charge is 0.496 e. The number of benzene rings is 1. The molecular weight excluding hydrogens is 250 g/mol. The lowest BCUT2D eigenvalue weighted by Gasteiger charge is -2.42. The second kappa shape index (κ2) is 5.17. The number of halogens is 1. The monoisotopic (exact) mass is 265 g/mol. The second-order valence-corrected chi connectivity index (χ2v) is 5.14. The number of nitrogens with zero attached hydrogens (tertiary/aromatic N) is 1. The molecule has 1 heterocycles. The zero-order valence-corrected chi connectivity index (χ0v) is 11.4. The number of hydrogen-bond acceptors (Lipinski definition) is 3. The maximum atomic E-state index is 8.77. The first-order chi connectivity index (χ1) is 8.63. The van der Waals surface area contributed by atoms with Crippen LogP contribution in [0, 0.1) is 18.3 Å². The smallest absolute Gasteiger partial charge is 0.123 e. The van der Waals surface area contributed by atoms with Crippen LogP contribution in [0.15, 0.2) is 12.1 Å². The Kier molecular flexibility index (Phi) is 3.79. The van der Waals surface area contributed by atoms with Gasteiger partial charge in [-0.05, 0) is 31.0 Å². The molecule has 0 amide bonds. The van der Waals surface area contributed by atoms with Gasteiger partial charge in [-0.25, -0.2) is 0 Å². The van der Waals surface area contributed by atoms with Crippen molar-refractivity contribution in [3.8, 4) is 11.8 Å². The average molecular weight is 266 g/mol. The van der Waals surface area contributed by atoms with Gasteiger partial charge in [-0.3, -0.25) is 0 Å². The lowest BCUT2D eigenvalue weighted by Crippen LogP contribution is -2.46. The van der Waals surface area contributed by atoms with Crippen molar-refractivity contribution in [2.24, 2.45) is 0 Å². The van der Waals surface area contributed by atoms with E-state index in [1.54, 1.807) is 7.11 Å². The van der Waals surface area contributed by atoms with Crippen LogP contribution in [0.25, 0.3) is 0 Å². The Morgan fingerprint density at radius 3 is 2.72 bits per heavy atom. The predicted octanol–water partition coefficient (Wildman–Crippen LogP) is 3.23. The Morgan fingerprint density at radius 1 is 1.50 bits per heavy atom. The van der Waals surface area contributed by atoms with Crippen molar-refractivity contribution in [2.45, 2.75) is 25.2 Å². The van der Waals surface area contributed by atoms with E-state index in [1.165, 1.54) is 0 Å². The van der Waals surface area contributed by atoms with Crippen LogP contribution >= 0.6 is 11.6 Å². The van der Waals surface area contributed by atoms with Crippen molar-refractivity contribution in [3.05, 3.63) is 28.3 Å². The van der Waals surface area contributed by atoms with E-state index in [-0.39, 0.29) is 5.41 Å². The van der Waals surface area contributed by atoms with E-state index in [2.05, 4.69) is 6.07 Å². The van der Waals surface area contributed by atoms with Gasteiger partial charge in [0.1, 0.15) is 5.75 Å². The predicted molar refractivity (Wildman–Crippen MR) is 70.1 cm³/mol. The van der Waals surface area contributed by atoms with E-state index in [0.717, 1.165) is 28.3 Å². The molecule has 1 aromatic carbocycles. The van der Waals surface area contributed by atoms with Crippen molar-refractivity contribution in [1.82, 2.24) is 0 Å². The highest BCUT2D eigenvalue weighted by molar-refractivity contribution is 6.31. The number of rotatable bonds is 4. The summed E-state index contributed by atoms with van der Waals surface area (Å²) >= 11 is 6.20. The van der Waals surface area contributed by atoms with E-state index >= 15 is 0 Å². The summed E-state index contributed by atoms with van der Waals surface area (Å²) in [5, 5.41) is 9.50. The molecule has 0 saturated carbocycles. The molecule has 2 rings (SSSR count). The van der Waals surface area contributed by atoms with Crippen LogP contribution in [0.5, 0.6) is 5.75 Å². The number of aryl methyl sites for hydroxylation is 1. The van der Waals surface area contributed by atoms with Crippen LogP contribution in [-0.2, 0) is 10.2 Å². The summed E-state index contributed by atoms with van der Waals surface area (Å²) in [4.78, 5) is 0. The molecule has 1 aromatic rings. The summed E-state index contributed by atoms with van der Waals surface area (Å²) in [5.41, 5.74) is 1.94. The number of methoxy groups -OCH3 is 1. The number of nitriles is 1. The van der Waals surface area contributed by atoms with Crippen LogP contribution in [0.1, 0.15) is 24.0 Å². The molecule has 0 atom stereocenters. The number of hydrogen-bond donors (Lipinski definition) is 0. The Balaban J connectivity index is 2.42. The zero-order valence-electron chi connectivity index (χ0n) is 10.6. The standard InChI is InChI=1S/C14H16ClNO2/c1-10-6-13(17-2)11(7-12(10)15)14(4-3-5-16)8-18-9-14/h6-7H,3-4,8-9H2,1-2H3. The minimum atomic E-state index is -0.113. The Labute approximate surface area is 112 Å². The summed E-state index contributed by atoms with van der Waals surface area (Å²) in [6.07, 6.45) is 1.29. The molecule has 0 aromatic heterocycles. The third-order valence-electron chi connectivity index (χ3n) is 3.52. The van der Waals surface area contributed by atoms with Crippen LogP contribution in [0.3, 0.4) is 0 Å². The highest BCUT2D eigenvalue weighted by Crippen LogP contribution is 2.43. The van der Waals surface area contributed by atoms with Crippen molar-refractivity contribution in [2.75, 3.05) is 20.3 Å². The minimum Gasteiger partial charge on any atom is -0.496 e. The van der Waals surface area contributed by atoms with E-state index in [1.807, 2.05) is 19.1 Å². The Hall–Kier alpha value is -1.24. The van der Waals surface area contributed by atoms with E-state index in [4.69, 9.17) is 26.3 Å². The molecule has 96 valence electrons. The fourth-order valence-corrected chi connectivity index (χ4v) is 2.48. The second-order valence-electron chi connectivity index (χ2n) is 4.73. The normalized spacial score (nSPS) is 16.8. The van der Waals surface area contributed by atoms with Gasteiger partial charge in [0.25, 0.3) is 0 Å². The topological polar surface area (TPSA) is 42.2 Å². The van der Waals surface area contributed by atoms with Gasteiger partial charge in [-0.15, -0.1) is 0 Å². The summed E-state index contributed by atoms with van der Waals surface area (Å²) in [6.45, 7) is 3.21. The van der Waals surface area contributed by atoms with Gasteiger partial charge in [-0.2, -0.15) is 5.26 Å². The van der Waals surface area contributed by atoms with Gasteiger partial charge in [0.05, 0.1) is 26.4 Å². The quantitative estimate of drug-likeness (QED) is 0.839. The molecule has 0 aliphatic carbocycles. The highest BCUT2D eigenvalue weighted by Gasteiger charge is 2.42. The van der Waals surface area contributed by atoms with Crippen molar-refractivity contribution < 1.29 is 9.47 Å². The molecule has 1 aliphatic heterocycles. The maximum absolute atomic E-state index is 8.77. The molecule has 0 N–H and O–H groups in total. The molecule has 1 saturated heterocycles. The molecule has 0 radical (unpaired) electrons. The molecule has 0 unspecified atom stereocenters. The lowest BCUT2D eigenvalue weighted by molar-refractivity contribution is -0.0645. The highest BCUT2D eigenvalue weighted by atomic mass is 35.5. The van der Waals surface area contributed by atoms with Gasteiger partial charge in [0.15, 0.2) is 0 Å². The molecule has 4 heteroatoms. The minimum absolute atomic E-state index is 0.113. The molecular formula is C14H16ClNO2. The molecule has 3 nitrogen and oxygen atoms in total. The molecule has 1 fully saturated rings. The van der Waals surface area contributed by atoms with Gasteiger partial charge < -0.3 is 9.47 Å². The maximum Gasteiger partial charge on any atom is 0.123 e. The zero-order chi connectivity index (χ0) is 13.2. The lowest BCUT2D eigenvalue weighted by atomic mass is 9.74. The average Bonchev–Trinajstić information content (AvgIpc) is 2.32. The third-order valence-corrected chi connectivity index (χ3v) is 3.93. The molecule has 18 heavy (non-hydrogen) atoms. The van der Waals surface area contributed by atoms with Crippen LogP contribution in [0.2, 0.25) is 5.02 Å². The van der Waals surface area contributed by atoms with E-state index in [9.17, 15) is 0 Å². The number of ether oxygens (including phenoxy) is 2. The fraction of sp³-hybridized carbons (Fsp3) is 0.500. The Morgan fingerprint density at radius 2 is 2.22 bits per heavy atom. The first kappa shape index (κ1) is 13.2. The SMILES string of the molecule is COc1cc(C)c(Cl)cc1C1(CCC#N)COC1. The molecule has 1 aliphatic rings. The summed E-state index contributed by atoms with van der Waals surface area (Å²) in [7, 11) is 1.66. The van der Waals surface area contributed by atoms with E-state index in [0.29, 0.717) is 19.6 Å². The van der Waals surface area contributed by atoms with Crippen LogP contribution < -0.4 is 4.74 Å². The first-order valence-electron chi connectivity index (χ1n) is 5.92. The third kappa shape index (κ3) is 2.19. The fourth-order valence-electron chi connectivity index (χ4n) is 2.32. The van der Waals surface area contributed by atoms with Gasteiger partial charge >= 0.3 is 0 Å². The van der Waals surface area contributed by atoms with Crippen molar-refractivity contribution in [3.63, 3.8) is 0 Å².